The second-order valence-electron chi connectivity index (χ2n) is 5.76. The first kappa shape index (κ1) is 16.7. The molecule has 120 valence electrons. The van der Waals surface area contributed by atoms with Gasteiger partial charge in [0.25, 0.3) is 0 Å². The van der Waals surface area contributed by atoms with Gasteiger partial charge < -0.3 is 19.6 Å². The Bertz CT molecular complexity index is 569. The van der Waals surface area contributed by atoms with Gasteiger partial charge in [-0.3, -0.25) is 0 Å². The van der Waals surface area contributed by atoms with E-state index in [4.69, 9.17) is 9.15 Å². The summed E-state index contributed by atoms with van der Waals surface area (Å²) in [5, 5.41) is 13.2. The molecule has 1 aromatic carbocycles. The first-order chi connectivity index (χ1) is 10.5. The normalized spacial score (nSPS) is 13.3. The number of hydrogen-bond acceptors (Lipinski definition) is 4. The minimum absolute atomic E-state index is 0.201. The summed E-state index contributed by atoms with van der Waals surface area (Å²) in [6.45, 7) is 4.77. The Morgan fingerprint density at radius 3 is 2.82 bits per heavy atom. The van der Waals surface area contributed by atoms with Gasteiger partial charge in [0, 0.05) is 12.1 Å². The summed E-state index contributed by atoms with van der Waals surface area (Å²) in [5.74, 6) is 0.454. The predicted molar refractivity (Wildman–Crippen MR) is 81.8 cm³/mol. The Morgan fingerprint density at radius 2 is 2.14 bits per heavy atom. The van der Waals surface area contributed by atoms with E-state index in [2.05, 4.69) is 5.32 Å². The van der Waals surface area contributed by atoms with Crippen molar-refractivity contribution in [2.75, 3.05) is 13.2 Å². The van der Waals surface area contributed by atoms with Crippen molar-refractivity contribution in [3.63, 3.8) is 0 Å². The summed E-state index contributed by atoms with van der Waals surface area (Å²) in [7, 11) is 0. The van der Waals surface area contributed by atoms with Crippen LogP contribution in [0.15, 0.2) is 47.1 Å². The minimum Gasteiger partial charge on any atom is -0.467 e. The van der Waals surface area contributed by atoms with E-state index in [-0.39, 0.29) is 12.4 Å². The Balaban J connectivity index is 1.76. The van der Waals surface area contributed by atoms with E-state index in [1.54, 1.807) is 18.4 Å². The number of ether oxygens (including phenoxy) is 1. The first-order valence-corrected chi connectivity index (χ1v) is 7.26. The maximum Gasteiger partial charge on any atom is 0.129 e. The van der Waals surface area contributed by atoms with Crippen molar-refractivity contribution in [1.29, 1.82) is 0 Å². The van der Waals surface area contributed by atoms with Crippen molar-refractivity contribution in [2.24, 2.45) is 0 Å². The fourth-order valence-electron chi connectivity index (χ4n) is 2.10. The number of halogens is 1. The molecule has 2 aromatic rings. The highest BCUT2D eigenvalue weighted by molar-refractivity contribution is 5.23. The quantitative estimate of drug-likeness (QED) is 0.787. The highest BCUT2D eigenvalue weighted by atomic mass is 19.1. The third-order valence-corrected chi connectivity index (χ3v) is 3.46. The highest BCUT2D eigenvalue weighted by Crippen LogP contribution is 2.20. The van der Waals surface area contributed by atoms with Gasteiger partial charge in [0.05, 0.1) is 19.0 Å². The average molecular weight is 307 g/mol. The molecule has 2 rings (SSSR count). The van der Waals surface area contributed by atoms with Crippen LogP contribution in [0, 0.1) is 5.82 Å². The predicted octanol–water partition coefficient (Wildman–Crippen LogP) is 2.82. The van der Waals surface area contributed by atoms with Crippen LogP contribution in [0.5, 0.6) is 0 Å². The topological polar surface area (TPSA) is 54.6 Å². The number of aliphatic hydroxyl groups is 1. The fourth-order valence-corrected chi connectivity index (χ4v) is 2.10. The van der Waals surface area contributed by atoms with E-state index < -0.39 is 11.6 Å². The molecule has 5 heteroatoms. The molecule has 22 heavy (non-hydrogen) atoms. The van der Waals surface area contributed by atoms with Gasteiger partial charge in [-0.1, -0.05) is 12.1 Å². The number of aliphatic hydroxyl groups excluding tert-OH is 1. The van der Waals surface area contributed by atoms with Gasteiger partial charge in [-0.15, -0.1) is 0 Å². The number of rotatable bonds is 8. The number of furan rings is 1. The summed E-state index contributed by atoms with van der Waals surface area (Å²) in [4.78, 5) is 0. The zero-order chi connectivity index (χ0) is 16.0. The van der Waals surface area contributed by atoms with E-state index in [1.165, 1.54) is 12.1 Å². The molecule has 0 saturated carbocycles. The molecule has 0 aliphatic rings. The Morgan fingerprint density at radius 1 is 1.32 bits per heavy atom. The van der Waals surface area contributed by atoms with Gasteiger partial charge in [0.15, 0.2) is 0 Å². The van der Waals surface area contributed by atoms with E-state index in [0.717, 1.165) is 11.3 Å². The number of hydrogen-bond donors (Lipinski definition) is 2. The first-order valence-electron chi connectivity index (χ1n) is 7.26. The van der Waals surface area contributed by atoms with E-state index in [9.17, 15) is 9.50 Å². The monoisotopic (exact) mass is 307 g/mol. The summed E-state index contributed by atoms with van der Waals surface area (Å²) in [6.07, 6.45) is 0.931. The van der Waals surface area contributed by atoms with Gasteiger partial charge in [-0.2, -0.15) is 0 Å². The summed E-state index contributed by atoms with van der Waals surface area (Å²) in [5.41, 5.74) is 0.389. The lowest BCUT2D eigenvalue weighted by Gasteiger charge is -2.28. The molecule has 0 fully saturated rings. The Labute approximate surface area is 129 Å². The molecule has 0 aliphatic carbocycles. The SMILES string of the molecule is CC(C)(NCC(O)COCc1ccco1)c1cccc(F)c1. The zero-order valence-corrected chi connectivity index (χ0v) is 12.9. The molecular weight excluding hydrogens is 285 g/mol. The number of benzene rings is 1. The van der Waals surface area contributed by atoms with Gasteiger partial charge in [-0.25, -0.2) is 4.39 Å². The van der Waals surface area contributed by atoms with Crippen LogP contribution in [0.4, 0.5) is 4.39 Å². The summed E-state index contributed by atoms with van der Waals surface area (Å²) >= 11 is 0. The molecule has 1 aromatic heterocycles. The van der Waals surface area contributed by atoms with Gasteiger partial charge >= 0.3 is 0 Å². The van der Waals surface area contributed by atoms with Crippen LogP contribution >= 0.6 is 0 Å². The zero-order valence-electron chi connectivity index (χ0n) is 12.9. The second-order valence-corrected chi connectivity index (χ2v) is 5.76. The van der Waals surface area contributed by atoms with Crippen LogP contribution in [-0.4, -0.2) is 24.4 Å². The van der Waals surface area contributed by atoms with Crippen LogP contribution in [0.3, 0.4) is 0 Å². The van der Waals surface area contributed by atoms with Crippen molar-refractivity contribution in [3.8, 4) is 0 Å². The van der Waals surface area contributed by atoms with E-state index in [1.807, 2.05) is 26.0 Å². The molecule has 1 unspecified atom stereocenters. The number of nitrogens with one attached hydrogen (secondary N) is 1. The summed E-state index contributed by atoms with van der Waals surface area (Å²) < 4.78 is 23.8. The molecule has 0 spiro atoms. The molecule has 0 saturated heterocycles. The Kier molecular flexibility index (Phi) is 5.71. The lowest BCUT2D eigenvalue weighted by atomic mass is 9.94. The van der Waals surface area contributed by atoms with Crippen LogP contribution in [-0.2, 0) is 16.9 Å². The minimum atomic E-state index is -0.650. The van der Waals surface area contributed by atoms with Crippen molar-refractivity contribution in [2.45, 2.75) is 32.1 Å². The maximum atomic E-state index is 13.3. The van der Waals surface area contributed by atoms with E-state index >= 15 is 0 Å². The average Bonchev–Trinajstić information content (AvgIpc) is 2.99. The maximum absolute atomic E-state index is 13.3. The smallest absolute Gasteiger partial charge is 0.129 e. The van der Waals surface area contributed by atoms with Crippen molar-refractivity contribution >= 4 is 0 Å². The molecule has 0 amide bonds. The van der Waals surface area contributed by atoms with Crippen LogP contribution in [0.1, 0.15) is 25.2 Å². The third kappa shape index (κ3) is 4.94. The molecule has 0 aliphatic heterocycles. The third-order valence-electron chi connectivity index (χ3n) is 3.46. The summed E-state index contributed by atoms with van der Waals surface area (Å²) in [6, 6.07) is 10.0. The molecular formula is C17H22FNO3. The molecule has 1 atom stereocenters. The lowest BCUT2D eigenvalue weighted by Crippen LogP contribution is -2.42. The standard InChI is InChI=1S/C17H22FNO3/c1-17(2,13-5-3-6-14(18)9-13)19-10-15(20)11-21-12-16-7-4-8-22-16/h3-9,15,19-20H,10-12H2,1-2H3. The Hall–Kier alpha value is -1.69. The van der Waals surface area contributed by atoms with Crippen LogP contribution < -0.4 is 5.32 Å². The molecule has 0 radical (unpaired) electrons. The molecule has 0 bridgehead atoms. The van der Waals surface area contributed by atoms with Crippen molar-refractivity contribution in [3.05, 3.63) is 59.8 Å². The molecule has 1 heterocycles. The highest BCUT2D eigenvalue weighted by Gasteiger charge is 2.21. The van der Waals surface area contributed by atoms with Crippen LogP contribution in [0.2, 0.25) is 0 Å². The van der Waals surface area contributed by atoms with Crippen molar-refractivity contribution < 1.29 is 18.7 Å². The lowest BCUT2D eigenvalue weighted by molar-refractivity contribution is 0.0197. The van der Waals surface area contributed by atoms with Gasteiger partial charge in [0.1, 0.15) is 18.2 Å². The van der Waals surface area contributed by atoms with Crippen LogP contribution in [0.25, 0.3) is 0 Å². The fraction of sp³-hybridized carbons (Fsp3) is 0.412. The molecule has 4 nitrogen and oxygen atoms in total. The second kappa shape index (κ2) is 7.54. The van der Waals surface area contributed by atoms with Gasteiger partial charge in [0.2, 0.25) is 0 Å². The van der Waals surface area contributed by atoms with E-state index in [0.29, 0.717) is 13.2 Å². The van der Waals surface area contributed by atoms with Crippen molar-refractivity contribution in [1.82, 2.24) is 5.32 Å². The largest absolute Gasteiger partial charge is 0.467 e. The molecule has 2 N–H and O–H groups in total. The van der Waals surface area contributed by atoms with Gasteiger partial charge in [-0.05, 0) is 43.7 Å².